The molecule has 4 atom stereocenters. The van der Waals surface area contributed by atoms with E-state index in [-0.39, 0.29) is 0 Å². The number of nitrogens with one attached hydrogen (secondary N) is 1. The maximum absolute atomic E-state index is 12.4. The number of aliphatic hydroxyl groups excluding tert-OH is 4. The Bertz CT molecular complexity index is 733. The summed E-state index contributed by atoms with van der Waals surface area (Å²) in [6, 6.07) is -1.01. The average Bonchev–Trinajstić information content (AvgIpc) is 3.01. The lowest BCUT2D eigenvalue weighted by molar-refractivity contribution is -0.132. The Morgan fingerprint density at radius 2 is 0.977 bits per heavy atom. The normalized spacial score (nSPS) is 15.2. The van der Waals surface area contributed by atoms with Crippen LogP contribution in [-0.4, -0.2) is 57.3 Å². The van der Waals surface area contributed by atoms with E-state index in [2.05, 4.69) is 67.8 Å². The Morgan fingerprint density at radius 1 is 0.558 bits per heavy atom. The van der Waals surface area contributed by atoms with E-state index in [1.54, 1.807) is 0 Å². The molecule has 0 rings (SSSR count). The molecule has 0 heterocycles. The van der Waals surface area contributed by atoms with Crippen LogP contribution in [0.5, 0.6) is 0 Å². The molecule has 6 heteroatoms. The Labute approximate surface area is 264 Å². The van der Waals surface area contributed by atoms with Crippen LogP contribution in [0.25, 0.3) is 0 Å². The molecule has 5 N–H and O–H groups in total. The third kappa shape index (κ3) is 26.4. The Morgan fingerprint density at radius 3 is 1.44 bits per heavy atom. The molecular weight excluding hydrogens is 538 g/mol. The van der Waals surface area contributed by atoms with E-state index in [0.29, 0.717) is 19.3 Å². The van der Waals surface area contributed by atoms with Gasteiger partial charge < -0.3 is 25.7 Å². The van der Waals surface area contributed by atoms with Gasteiger partial charge in [0.1, 0.15) is 12.2 Å². The highest BCUT2D eigenvalue weighted by molar-refractivity contribution is 5.80. The number of hydrogen-bond donors (Lipinski definition) is 5. The van der Waals surface area contributed by atoms with Crippen LogP contribution >= 0.6 is 0 Å². The summed E-state index contributed by atoms with van der Waals surface area (Å²) in [5.41, 5.74) is 0. The quantitative estimate of drug-likeness (QED) is 0.0421. The second kappa shape index (κ2) is 31.7. The van der Waals surface area contributed by atoms with Crippen molar-refractivity contribution in [2.24, 2.45) is 0 Å². The summed E-state index contributed by atoms with van der Waals surface area (Å²) in [7, 11) is 0. The zero-order valence-electron chi connectivity index (χ0n) is 27.7. The fraction of sp³-hybridized carbons (Fsp3) is 0.757. The molecule has 0 aliphatic rings. The Hall–Kier alpha value is -1.73. The first-order valence-corrected chi connectivity index (χ1v) is 17.5. The van der Waals surface area contributed by atoms with Gasteiger partial charge in [-0.2, -0.15) is 0 Å². The molecule has 0 aromatic rings. The summed E-state index contributed by atoms with van der Waals surface area (Å²) >= 11 is 0. The SMILES string of the molecule is CCCCC/C=C\CCCCCCC(O)C(=O)NC(CO)C(O)C(O)CCC/C=C/CC/C=C/CC/C=C/CCCCC. The third-order valence-electron chi connectivity index (χ3n) is 7.72. The second-order valence-corrected chi connectivity index (χ2v) is 11.8. The van der Waals surface area contributed by atoms with Crippen LogP contribution in [0.2, 0.25) is 0 Å². The zero-order valence-corrected chi connectivity index (χ0v) is 27.7. The van der Waals surface area contributed by atoms with Crippen molar-refractivity contribution < 1.29 is 25.2 Å². The molecule has 0 spiro atoms. The zero-order chi connectivity index (χ0) is 31.8. The van der Waals surface area contributed by atoms with Crippen molar-refractivity contribution in [3.05, 3.63) is 48.6 Å². The van der Waals surface area contributed by atoms with Crippen LogP contribution in [0.3, 0.4) is 0 Å². The van der Waals surface area contributed by atoms with E-state index in [1.807, 2.05) is 0 Å². The molecule has 0 aliphatic carbocycles. The summed E-state index contributed by atoms with van der Waals surface area (Å²) in [6.07, 6.45) is 35.6. The number of rotatable bonds is 30. The number of unbranched alkanes of at least 4 members (excludes halogenated alkanes) is 13. The molecule has 0 bridgehead atoms. The van der Waals surface area contributed by atoms with Gasteiger partial charge in [-0.25, -0.2) is 0 Å². The summed E-state index contributed by atoms with van der Waals surface area (Å²) < 4.78 is 0. The largest absolute Gasteiger partial charge is 0.394 e. The number of amides is 1. The average molecular weight is 606 g/mol. The van der Waals surface area contributed by atoms with Crippen LogP contribution in [0.1, 0.15) is 149 Å². The van der Waals surface area contributed by atoms with Gasteiger partial charge in [0.25, 0.3) is 0 Å². The predicted molar refractivity (Wildman–Crippen MR) is 182 cm³/mol. The van der Waals surface area contributed by atoms with Gasteiger partial charge in [-0.3, -0.25) is 4.79 Å². The Kier molecular flexibility index (Phi) is 30.4. The molecule has 1 amide bonds. The van der Waals surface area contributed by atoms with Gasteiger partial charge in [0.2, 0.25) is 5.91 Å². The Balaban J connectivity index is 3.98. The fourth-order valence-electron chi connectivity index (χ4n) is 4.84. The summed E-state index contributed by atoms with van der Waals surface area (Å²) in [5.74, 6) is -0.615. The van der Waals surface area contributed by atoms with Gasteiger partial charge in [0.15, 0.2) is 0 Å². The number of aliphatic hydroxyl groups is 4. The highest BCUT2D eigenvalue weighted by Gasteiger charge is 2.28. The summed E-state index contributed by atoms with van der Waals surface area (Å²) in [4.78, 5) is 12.4. The predicted octanol–water partition coefficient (Wildman–Crippen LogP) is 8.00. The van der Waals surface area contributed by atoms with E-state index in [1.165, 1.54) is 44.9 Å². The first kappa shape index (κ1) is 41.3. The molecule has 250 valence electrons. The summed E-state index contributed by atoms with van der Waals surface area (Å²) in [6.45, 7) is 3.93. The molecule has 6 nitrogen and oxygen atoms in total. The smallest absolute Gasteiger partial charge is 0.249 e. The second-order valence-electron chi connectivity index (χ2n) is 11.8. The molecule has 43 heavy (non-hydrogen) atoms. The van der Waals surface area contributed by atoms with Gasteiger partial charge in [0.05, 0.1) is 18.8 Å². The molecule has 0 saturated carbocycles. The number of hydrogen-bond acceptors (Lipinski definition) is 5. The van der Waals surface area contributed by atoms with Crippen molar-refractivity contribution in [2.75, 3.05) is 6.61 Å². The van der Waals surface area contributed by atoms with Crippen LogP contribution < -0.4 is 5.32 Å². The van der Waals surface area contributed by atoms with Crippen LogP contribution in [0.15, 0.2) is 48.6 Å². The number of carbonyl (C=O) groups is 1. The summed E-state index contributed by atoms with van der Waals surface area (Å²) in [5, 5.41) is 43.3. The minimum atomic E-state index is -1.29. The highest BCUT2D eigenvalue weighted by atomic mass is 16.3. The molecule has 0 saturated heterocycles. The standard InChI is InChI=1S/C37H67NO5/c1-3-5-7-9-11-13-15-16-17-18-19-21-22-24-26-28-30-34(40)36(42)33(32-39)38-37(43)35(41)31-29-27-25-23-20-14-12-10-8-6-4-2/h11-14,17-18,22,24,33-36,39-42H,3-10,15-16,19-21,23,25-32H2,1-2H3,(H,38,43)/b13-11+,14-12-,18-17+,24-22+. The van der Waals surface area contributed by atoms with Crippen molar-refractivity contribution in [3.8, 4) is 0 Å². The lowest BCUT2D eigenvalue weighted by atomic mass is 10.00. The van der Waals surface area contributed by atoms with Gasteiger partial charge in [0, 0.05) is 0 Å². The molecule has 0 radical (unpaired) electrons. The van der Waals surface area contributed by atoms with E-state index < -0.39 is 36.9 Å². The number of allylic oxidation sites excluding steroid dienone is 8. The maximum atomic E-state index is 12.4. The highest BCUT2D eigenvalue weighted by Crippen LogP contribution is 2.12. The third-order valence-corrected chi connectivity index (χ3v) is 7.72. The van der Waals surface area contributed by atoms with Gasteiger partial charge >= 0.3 is 0 Å². The van der Waals surface area contributed by atoms with E-state index in [0.717, 1.165) is 70.6 Å². The minimum Gasteiger partial charge on any atom is -0.394 e. The molecular formula is C37H67NO5. The van der Waals surface area contributed by atoms with E-state index >= 15 is 0 Å². The maximum Gasteiger partial charge on any atom is 0.249 e. The van der Waals surface area contributed by atoms with E-state index in [9.17, 15) is 25.2 Å². The van der Waals surface area contributed by atoms with Crippen molar-refractivity contribution in [3.63, 3.8) is 0 Å². The van der Waals surface area contributed by atoms with Crippen LogP contribution in [0.4, 0.5) is 0 Å². The lowest BCUT2D eigenvalue weighted by Gasteiger charge is -2.27. The molecule has 0 aromatic carbocycles. The van der Waals surface area contributed by atoms with Gasteiger partial charge in [-0.1, -0.05) is 107 Å². The minimum absolute atomic E-state index is 0.341. The van der Waals surface area contributed by atoms with Crippen molar-refractivity contribution in [1.82, 2.24) is 5.32 Å². The molecule has 0 fully saturated rings. The monoisotopic (exact) mass is 606 g/mol. The van der Waals surface area contributed by atoms with Gasteiger partial charge in [-0.15, -0.1) is 0 Å². The topological polar surface area (TPSA) is 110 Å². The van der Waals surface area contributed by atoms with Crippen LogP contribution in [0, 0.1) is 0 Å². The first-order valence-electron chi connectivity index (χ1n) is 17.5. The van der Waals surface area contributed by atoms with Crippen molar-refractivity contribution >= 4 is 5.91 Å². The van der Waals surface area contributed by atoms with Crippen molar-refractivity contribution in [2.45, 2.75) is 173 Å². The van der Waals surface area contributed by atoms with Crippen LogP contribution in [-0.2, 0) is 4.79 Å². The van der Waals surface area contributed by atoms with E-state index in [4.69, 9.17) is 0 Å². The first-order chi connectivity index (χ1) is 21.0. The molecule has 0 aromatic heterocycles. The molecule has 4 unspecified atom stereocenters. The lowest BCUT2D eigenvalue weighted by Crippen LogP contribution is -2.53. The number of carbonyl (C=O) groups excluding carboxylic acids is 1. The fourth-order valence-corrected chi connectivity index (χ4v) is 4.84. The van der Waals surface area contributed by atoms with Crippen molar-refractivity contribution in [1.29, 1.82) is 0 Å². The molecule has 0 aliphatic heterocycles. The van der Waals surface area contributed by atoms with Gasteiger partial charge in [-0.05, 0) is 89.9 Å².